The van der Waals surface area contributed by atoms with Crippen molar-refractivity contribution in [1.82, 2.24) is 24.5 Å². The van der Waals surface area contributed by atoms with Gasteiger partial charge in [-0.2, -0.15) is 0 Å². The fraction of sp³-hybridized carbons (Fsp3) is 0.545. The molecule has 31 heavy (non-hydrogen) atoms. The molecule has 1 aromatic carbocycles. The van der Waals surface area contributed by atoms with Crippen LogP contribution in [-0.4, -0.2) is 70.3 Å². The first-order valence-corrected chi connectivity index (χ1v) is 11.4. The molecule has 3 heterocycles. The molecular formula is C22H27ClN6O2. The number of benzene rings is 1. The molecule has 164 valence electrons. The number of hydrogen-bond acceptors (Lipinski definition) is 6. The molecule has 0 spiro atoms. The van der Waals surface area contributed by atoms with E-state index in [-0.39, 0.29) is 12.5 Å². The van der Waals surface area contributed by atoms with E-state index in [1.54, 1.807) is 7.11 Å². The molecule has 0 atom stereocenters. The van der Waals surface area contributed by atoms with Gasteiger partial charge in [-0.1, -0.05) is 30.9 Å². The molecule has 5 rings (SSSR count). The molecule has 9 heteroatoms. The monoisotopic (exact) mass is 442 g/mol. The third-order valence-electron chi connectivity index (χ3n) is 6.46. The van der Waals surface area contributed by atoms with Gasteiger partial charge < -0.3 is 14.5 Å². The number of ether oxygens (including phenoxy) is 1. The summed E-state index contributed by atoms with van der Waals surface area (Å²) in [7, 11) is 1.55. The number of rotatable bonds is 4. The molecule has 1 amide bonds. The maximum atomic E-state index is 12.2. The lowest BCUT2D eigenvalue weighted by atomic mass is 9.89. The van der Waals surface area contributed by atoms with E-state index in [4.69, 9.17) is 21.3 Å². The zero-order valence-electron chi connectivity index (χ0n) is 17.8. The predicted molar refractivity (Wildman–Crippen MR) is 120 cm³/mol. The molecule has 1 saturated carbocycles. The zero-order chi connectivity index (χ0) is 21.4. The SMILES string of the molecule is COCC(=O)N1CCN(c2nc3cc(Cl)ccc3c3nnc(C4CCCCC4)n23)CC1. The van der Waals surface area contributed by atoms with Crippen molar-refractivity contribution in [2.24, 2.45) is 0 Å². The van der Waals surface area contributed by atoms with Crippen molar-refractivity contribution in [3.8, 4) is 0 Å². The van der Waals surface area contributed by atoms with Gasteiger partial charge in [0.25, 0.3) is 0 Å². The number of anilines is 1. The largest absolute Gasteiger partial charge is 0.375 e. The summed E-state index contributed by atoms with van der Waals surface area (Å²) in [4.78, 5) is 21.3. The van der Waals surface area contributed by atoms with Crippen LogP contribution in [0.3, 0.4) is 0 Å². The van der Waals surface area contributed by atoms with Gasteiger partial charge in [-0.15, -0.1) is 10.2 Å². The molecule has 0 N–H and O–H groups in total. The molecular weight excluding hydrogens is 416 g/mol. The van der Waals surface area contributed by atoms with Crippen LogP contribution in [0.4, 0.5) is 5.95 Å². The Labute approximate surface area is 186 Å². The van der Waals surface area contributed by atoms with Gasteiger partial charge >= 0.3 is 0 Å². The second-order valence-corrected chi connectivity index (χ2v) is 8.86. The lowest BCUT2D eigenvalue weighted by Gasteiger charge is -2.35. The Hall–Kier alpha value is -2.45. The molecule has 3 aromatic rings. The van der Waals surface area contributed by atoms with Gasteiger partial charge in [0.1, 0.15) is 12.4 Å². The van der Waals surface area contributed by atoms with Crippen LogP contribution in [0.1, 0.15) is 43.8 Å². The average Bonchev–Trinajstić information content (AvgIpc) is 3.24. The summed E-state index contributed by atoms with van der Waals surface area (Å²) in [5, 5.41) is 10.8. The molecule has 1 saturated heterocycles. The molecule has 1 aliphatic heterocycles. The number of carbonyl (C=O) groups excluding carboxylic acids is 1. The Morgan fingerprint density at radius 3 is 2.65 bits per heavy atom. The van der Waals surface area contributed by atoms with E-state index in [2.05, 4.69) is 19.5 Å². The van der Waals surface area contributed by atoms with E-state index in [1.807, 2.05) is 23.1 Å². The minimum atomic E-state index is 0.0257. The minimum absolute atomic E-state index is 0.0257. The van der Waals surface area contributed by atoms with E-state index in [1.165, 1.54) is 19.3 Å². The van der Waals surface area contributed by atoms with Crippen molar-refractivity contribution >= 4 is 40.0 Å². The molecule has 1 aliphatic carbocycles. The summed E-state index contributed by atoms with van der Waals surface area (Å²) >= 11 is 6.27. The topological polar surface area (TPSA) is 75.9 Å². The standard InChI is InChI=1S/C22H27ClN6O2/c1-31-14-19(30)27-9-11-28(12-10-27)22-24-18-13-16(23)7-8-17(18)21-26-25-20(29(21)22)15-5-3-2-4-6-15/h7-8,13,15H,2-6,9-12,14H2,1H3. The summed E-state index contributed by atoms with van der Waals surface area (Å²) in [6.45, 7) is 2.80. The fourth-order valence-electron chi connectivity index (χ4n) is 4.82. The van der Waals surface area contributed by atoms with Crippen LogP contribution in [0, 0.1) is 0 Å². The molecule has 0 radical (unpaired) electrons. The molecule has 2 fully saturated rings. The smallest absolute Gasteiger partial charge is 0.248 e. The molecule has 8 nitrogen and oxygen atoms in total. The van der Waals surface area contributed by atoms with Gasteiger partial charge in [0.15, 0.2) is 5.65 Å². The van der Waals surface area contributed by atoms with E-state index >= 15 is 0 Å². The Morgan fingerprint density at radius 2 is 1.90 bits per heavy atom. The van der Waals surface area contributed by atoms with Gasteiger partial charge in [-0.3, -0.25) is 4.79 Å². The Balaban J connectivity index is 1.56. The number of fused-ring (bicyclic) bond motifs is 3. The maximum Gasteiger partial charge on any atom is 0.248 e. The highest BCUT2D eigenvalue weighted by atomic mass is 35.5. The van der Waals surface area contributed by atoms with Crippen molar-refractivity contribution in [2.45, 2.75) is 38.0 Å². The third kappa shape index (κ3) is 3.83. The first-order chi connectivity index (χ1) is 15.2. The minimum Gasteiger partial charge on any atom is -0.375 e. The van der Waals surface area contributed by atoms with Crippen molar-refractivity contribution in [2.75, 3.05) is 44.8 Å². The second-order valence-electron chi connectivity index (χ2n) is 8.43. The predicted octanol–water partition coefficient (Wildman–Crippen LogP) is 3.27. The van der Waals surface area contributed by atoms with Gasteiger partial charge in [0, 0.05) is 49.6 Å². The van der Waals surface area contributed by atoms with Gasteiger partial charge in [0.05, 0.1) is 5.52 Å². The second kappa shape index (κ2) is 8.59. The van der Waals surface area contributed by atoms with Crippen molar-refractivity contribution in [3.05, 3.63) is 29.0 Å². The van der Waals surface area contributed by atoms with E-state index in [0.29, 0.717) is 37.1 Å². The lowest BCUT2D eigenvalue weighted by molar-refractivity contribution is -0.135. The normalized spacial score (nSPS) is 18.3. The summed E-state index contributed by atoms with van der Waals surface area (Å²) in [6.07, 6.45) is 6.02. The third-order valence-corrected chi connectivity index (χ3v) is 6.70. The van der Waals surface area contributed by atoms with Gasteiger partial charge in [-0.05, 0) is 31.0 Å². The van der Waals surface area contributed by atoms with Crippen molar-refractivity contribution in [1.29, 1.82) is 0 Å². The number of aromatic nitrogens is 4. The Morgan fingerprint density at radius 1 is 1.13 bits per heavy atom. The van der Waals surface area contributed by atoms with E-state index < -0.39 is 0 Å². The van der Waals surface area contributed by atoms with Crippen LogP contribution < -0.4 is 4.90 Å². The van der Waals surface area contributed by atoms with Crippen molar-refractivity contribution < 1.29 is 9.53 Å². The average molecular weight is 443 g/mol. The summed E-state index contributed by atoms with van der Waals surface area (Å²) in [6, 6.07) is 5.73. The molecule has 0 unspecified atom stereocenters. The number of carbonyl (C=O) groups is 1. The van der Waals surface area contributed by atoms with E-state index in [0.717, 1.165) is 41.2 Å². The molecule has 2 aliphatic rings. The van der Waals surface area contributed by atoms with Crippen LogP contribution >= 0.6 is 11.6 Å². The maximum absolute atomic E-state index is 12.2. The van der Waals surface area contributed by atoms with Crippen LogP contribution in [0.15, 0.2) is 18.2 Å². The first kappa shape index (κ1) is 20.5. The van der Waals surface area contributed by atoms with Crippen LogP contribution in [-0.2, 0) is 9.53 Å². The number of hydrogen-bond donors (Lipinski definition) is 0. The Bertz CT molecular complexity index is 1100. The number of amides is 1. The highest BCUT2D eigenvalue weighted by Crippen LogP contribution is 2.35. The zero-order valence-corrected chi connectivity index (χ0v) is 18.5. The highest BCUT2D eigenvalue weighted by molar-refractivity contribution is 6.31. The summed E-state index contributed by atoms with van der Waals surface area (Å²) in [5.41, 5.74) is 1.64. The first-order valence-electron chi connectivity index (χ1n) is 11.0. The summed E-state index contributed by atoms with van der Waals surface area (Å²) < 4.78 is 7.16. The Kier molecular flexibility index (Phi) is 5.67. The lowest BCUT2D eigenvalue weighted by Crippen LogP contribution is -2.50. The quantitative estimate of drug-likeness (QED) is 0.617. The van der Waals surface area contributed by atoms with Crippen molar-refractivity contribution in [3.63, 3.8) is 0 Å². The molecule has 2 aromatic heterocycles. The van der Waals surface area contributed by atoms with Crippen LogP contribution in [0.25, 0.3) is 16.6 Å². The highest BCUT2D eigenvalue weighted by Gasteiger charge is 2.28. The van der Waals surface area contributed by atoms with Gasteiger partial charge in [-0.25, -0.2) is 9.38 Å². The van der Waals surface area contributed by atoms with Crippen LogP contribution in [0.5, 0.6) is 0 Å². The fourth-order valence-corrected chi connectivity index (χ4v) is 4.99. The van der Waals surface area contributed by atoms with Crippen LogP contribution in [0.2, 0.25) is 5.02 Å². The van der Waals surface area contributed by atoms with E-state index in [9.17, 15) is 4.79 Å². The summed E-state index contributed by atoms with van der Waals surface area (Å²) in [5.74, 6) is 2.28. The number of nitrogens with zero attached hydrogens (tertiary/aromatic N) is 6. The number of halogens is 1. The number of methoxy groups -OCH3 is 1. The molecule has 0 bridgehead atoms. The number of piperazine rings is 1. The van der Waals surface area contributed by atoms with Gasteiger partial charge in [0.2, 0.25) is 11.9 Å².